The van der Waals surface area contributed by atoms with Crippen molar-refractivity contribution in [3.05, 3.63) is 64.7 Å². The Balaban J connectivity index is 1.79. The van der Waals surface area contributed by atoms with Crippen LogP contribution >= 0.6 is 11.6 Å². The van der Waals surface area contributed by atoms with Gasteiger partial charge in [0.15, 0.2) is 0 Å². The number of hydrogen-bond donors (Lipinski definition) is 2. The molecule has 6 nitrogen and oxygen atoms in total. The van der Waals surface area contributed by atoms with Gasteiger partial charge in [0.2, 0.25) is 15.9 Å². The number of sulfonamides is 1. The molecule has 2 aromatic carbocycles. The number of rotatable bonds is 7. The minimum atomic E-state index is -3.70. The van der Waals surface area contributed by atoms with E-state index in [0.717, 1.165) is 5.56 Å². The van der Waals surface area contributed by atoms with Gasteiger partial charge in [-0.1, -0.05) is 29.8 Å². The van der Waals surface area contributed by atoms with E-state index in [9.17, 15) is 13.2 Å². The van der Waals surface area contributed by atoms with Crippen molar-refractivity contribution >= 4 is 27.5 Å². The van der Waals surface area contributed by atoms with Crippen LogP contribution in [-0.4, -0.2) is 20.9 Å². The van der Waals surface area contributed by atoms with Crippen molar-refractivity contribution < 1.29 is 13.2 Å². The predicted octanol–water partition coefficient (Wildman–Crippen LogP) is 2.20. The quantitative estimate of drug-likeness (QED) is 0.772. The standard InChI is InChI=1S/C17H16ClN3O3S/c18-15-2-1-3-16(10-15)25(23,24)21-9-8-17(22)20-12-14-6-4-13(11-19)5-7-14/h1-7,10,21H,8-9,12H2,(H,20,22). The molecule has 0 saturated heterocycles. The van der Waals surface area contributed by atoms with E-state index in [1.54, 1.807) is 36.4 Å². The Morgan fingerprint density at radius 2 is 1.88 bits per heavy atom. The summed E-state index contributed by atoms with van der Waals surface area (Å²) < 4.78 is 26.5. The Morgan fingerprint density at radius 1 is 1.16 bits per heavy atom. The first-order chi connectivity index (χ1) is 11.9. The molecule has 0 saturated carbocycles. The number of hydrogen-bond acceptors (Lipinski definition) is 4. The Morgan fingerprint density at radius 3 is 2.52 bits per heavy atom. The molecule has 0 aliphatic rings. The van der Waals surface area contributed by atoms with Crippen LogP contribution < -0.4 is 10.0 Å². The van der Waals surface area contributed by atoms with Gasteiger partial charge in [-0.15, -0.1) is 0 Å². The lowest BCUT2D eigenvalue weighted by molar-refractivity contribution is -0.121. The lowest BCUT2D eigenvalue weighted by atomic mass is 10.1. The predicted molar refractivity (Wildman–Crippen MR) is 94.3 cm³/mol. The Hall–Kier alpha value is -2.40. The summed E-state index contributed by atoms with van der Waals surface area (Å²) in [4.78, 5) is 11.9. The summed E-state index contributed by atoms with van der Waals surface area (Å²) in [6.07, 6.45) is 0.00999. The molecular formula is C17H16ClN3O3S. The SMILES string of the molecule is N#Cc1ccc(CNC(=O)CCNS(=O)(=O)c2cccc(Cl)c2)cc1. The molecular weight excluding hydrogens is 362 g/mol. The van der Waals surface area contributed by atoms with Crippen LogP contribution in [0.3, 0.4) is 0 Å². The smallest absolute Gasteiger partial charge is 0.240 e. The first kappa shape index (κ1) is 18.9. The van der Waals surface area contributed by atoms with Crippen LogP contribution in [0, 0.1) is 11.3 Å². The highest BCUT2D eigenvalue weighted by Crippen LogP contribution is 2.15. The first-order valence-corrected chi connectivity index (χ1v) is 9.28. The lowest BCUT2D eigenvalue weighted by Crippen LogP contribution is -2.30. The molecule has 8 heteroatoms. The second kappa shape index (κ2) is 8.62. The summed E-state index contributed by atoms with van der Waals surface area (Å²) in [5.74, 6) is -0.279. The molecule has 25 heavy (non-hydrogen) atoms. The number of carbonyl (C=O) groups excluding carboxylic acids is 1. The topological polar surface area (TPSA) is 99.1 Å². The van der Waals surface area contributed by atoms with Gasteiger partial charge in [-0.3, -0.25) is 4.79 Å². The molecule has 1 amide bonds. The summed E-state index contributed by atoms with van der Waals surface area (Å²) in [7, 11) is -3.70. The molecule has 0 atom stereocenters. The van der Waals surface area contributed by atoms with Crippen LogP contribution in [0.15, 0.2) is 53.4 Å². The fourth-order valence-corrected chi connectivity index (χ4v) is 3.33. The molecule has 2 aromatic rings. The maximum absolute atomic E-state index is 12.1. The third-order valence-electron chi connectivity index (χ3n) is 3.32. The van der Waals surface area contributed by atoms with Crippen molar-refractivity contribution in [3.63, 3.8) is 0 Å². The number of nitrogens with zero attached hydrogens (tertiary/aromatic N) is 1. The summed E-state index contributed by atoms with van der Waals surface area (Å²) in [5, 5.41) is 11.7. The molecule has 0 fully saturated rings. The first-order valence-electron chi connectivity index (χ1n) is 7.42. The monoisotopic (exact) mass is 377 g/mol. The number of halogens is 1. The maximum Gasteiger partial charge on any atom is 0.240 e. The van der Waals surface area contributed by atoms with E-state index in [4.69, 9.17) is 16.9 Å². The summed E-state index contributed by atoms with van der Waals surface area (Å²) in [5.41, 5.74) is 1.40. The van der Waals surface area contributed by atoms with Crippen LogP contribution in [0.2, 0.25) is 5.02 Å². The second-order valence-electron chi connectivity index (χ2n) is 5.19. The van der Waals surface area contributed by atoms with E-state index in [0.29, 0.717) is 17.1 Å². The van der Waals surface area contributed by atoms with Gasteiger partial charge in [-0.05, 0) is 35.9 Å². The molecule has 0 aliphatic heterocycles. The third-order valence-corrected chi connectivity index (χ3v) is 5.02. The van der Waals surface area contributed by atoms with Gasteiger partial charge in [0.05, 0.1) is 16.5 Å². The van der Waals surface area contributed by atoms with E-state index in [-0.39, 0.29) is 23.8 Å². The van der Waals surface area contributed by atoms with E-state index < -0.39 is 10.0 Å². The van der Waals surface area contributed by atoms with E-state index in [1.165, 1.54) is 12.1 Å². The van der Waals surface area contributed by atoms with Crippen molar-refractivity contribution in [1.29, 1.82) is 5.26 Å². The minimum Gasteiger partial charge on any atom is -0.352 e. The minimum absolute atomic E-state index is 0.00999. The van der Waals surface area contributed by atoms with Crippen molar-refractivity contribution in [2.24, 2.45) is 0 Å². The van der Waals surface area contributed by atoms with E-state index in [2.05, 4.69) is 10.0 Å². The number of nitriles is 1. The Kier molecular flexibility index (Phi) is 6.53. The van der Waals surface area contributed by atoms with Crippen molar-refractivity contribution in [2.75, 3.05) is 6.54 Å². The molecule has 0 aromatic heterocycles. The number of amides is 1. The highest BCUT2D eigenvalue weighted by Gasteiger charge is 2.14. The zero-order valence-electron chi connectivity index (χ0n) is 13.2. The molecule has 130 valence electrons. The van der Waals surface area contributed by atoms with Crippen LogP contribution in [-0.2, 0) is 21.4 Å². The maximum atomic E-state index is 12.1. The molecule has 2 rings (SSSR count). The third kappa shape index (κ3) is 5.87. The molecule has 0 radical (unpaired) electrons. The van der Waals surface area contributed by atoms with Crippen molar-refractivity contribution in [2.45, 2.75) is 17.9 Å². The van der Waals surface area contributed by atoms with Crippen molar-refractivity contribution in [3.8, 4) is 6.07 Å². The molecule has 0 aliphatic carbocycles. The van der Waals surface area contributed by atoms with E-state index >= 15 is 0 Å². The Labute approximate surface area is 151 Å². The van der Waals surface area contributed by atoms with Crippen LogP contribution in [0.25, 0.3) is 0 Å². The van der Waals surface area contributed by atoms with Gasteiger partial charge in [-0.25, -0.2) is 13.1 Å². The normalized spacial score (nSPS) is 10.9. The van der Waals surface area contributed by atoms with Gasteiger partial charge in [0.1, 0.15) is 0 Å². The average Bonchev–Trinajstić information content (AvgIpc) is 2.60. The lowest BCUT2D eigenvalue weighted by Gasteiger charge is -2.08. The van der Waals surface area contributed by atoms with Gasteiger partial charge in [0.25, 0.3) is 0 Å². The Bertz CT molecular complexity index is 890. The van der Waals surface area contributed by atoms with Gasteiger partial charge in [0, 0.05) is 24.5 Å². The zero-order chi connectivity index (χ0) is 18.3. The molecule has 0 spiro atoms. The van der Waals surface area contributed by atoms with Gasteiger partial charge < -0.3 is 5.32 Å². The summed E-state index contributed by atoms with van der Waals surface area (Å²) in [6.45, 7) is 0.291. The van der Waals surface area contributed by atoms with Crippen molar-refractivity contribution in [1.82, 2.24) is 10.0 Å². The summed E-state index contributed by atoms with van der Waals surface area (Å²) >= 11 is 5.78. The molecule has 0 unspecified atom stereocenters. The second-order valence-corrected chi connectivity index (χ2v) is 7.39. The number of carbonyl (C=O) groups is 1. The van der Waals surface area contributed by atoms with Gasteiger partial charge >= 0.3 is 0 Å². The number of benzene rings is 2. The average molecular weight is 378 g/mol. The van der Waals surface area contributed by atoms with Crippen LogP contribution in [0.1, 0.15) is 17.5 Å². The molecule has 0 heterocycles. The highest BCUT2D eigenvalue weighted by molar-refractivity contribution is 7.89. The number of nitrogens with one attached hydrogen (secondary N) is 2. The highest BCUT2D eigenvalue weighted by atomic mass is 35.5. The fourth-order valence-electron chi connectivity index (χ4n) is 2.00. The van der Waals surface area contributed by atoms with Crippen LogP contribution in [0.4, 0.5) is 0 Å². The molecule has 0 bridgehead atoms. The fraction of sp³-hybridized carbons (Fsp3) is 0.176. The largest absolute Gasteiger partial charge is 0.352 e. The van der Waals surface area contributed by atoms with E-state index in [1.807, 2.05) is 6.07 Å². The zero-order valence-corrected chi connectivity index (χ0v) is 14.8. The van der Waals surface area contributed by atoms with Crippen LogP contribution in [0.5, 0.6) is 0 Å². The van der Waals surface area contributed by atoms with Gasteiger partial charge in [-0.2, -0.15) is 5.26 Å². The summed E-state index contributed by atoms with van der Waals surface area (Å²) in [6, 6.07) is 14.7. The molecule has 2 N–H and O–H groups in total.